The van der Waals surface area contributed by atoms with Gasteiger partial charge in [0.2, 0.25) is 0 Å². The molecular formula is C15H14ClN5O2. The number of nitrogens with zero attached hydrogens (tertiary/aromatic N) is 5. The van der Waals surface area contributed by atoms with Gasteiger partial charge in [0, 0.05) is 5.02 Å². The number of aromatic nitrogens is 5. The van der Waals surface area contributed by atoms with Crippen molar-refractivity contribution in [3.63, 3.8) is 0 Å². The van der Waals surface area contributed by atoms with Crippen LogP contribution >= 0.6 is 11.6 Å². The summed E-state index contributed by atoms with van der Waals surface area (Å²) in [5.41, 5.74) is 2.52. The topological polar surface area (TPSA) is 75.0 Å². The van der Waals surface area contributed by atoms with Gasteiger partial charge in [0.25, 0.3) is 0 Å². The van der Waals surface area contributed by atoms with Crippen LogP contribution in [0.1, 0.15) is 11.3 Å². The van der Waals surface area contributed by atoms with Crippen LogP contribution in [0, 0.1) is 6.92 Å². The van der Waals surface area contributed by atoms with Gasteiger partial charge < -0.3 is 9.47 Å². The molecule has 0 aliphatic heterocycles. The summed E-state index contributed by atoms with van der Waals surface area (Å²) >= 11 is 6.02. The molecule has 3 aromatic rings. The van der Waals surface area contributed by atoms with Crippen molar-refractivity contribution in [3.05, 3.63) is 53.1 Å². The lowest BCUT2D eigenvalue weighted by atomic mass is 10.2. The van der Waals surface area contributed by atoms with E-state index in [9.17, 15) is 0 Å². The Labute approximate surface area is 137 Å². The Bertz CT molecular complexity index is 804. The van der Waals surface area contributed by atoms with E-state index in [0.717, 1.165) is 11.3 Å². The monoisotopic (exact) mass is 331 g/mol. The number of ether oxygens (including phenoxy) is 2. The van der Waals surface area contributed by atoms with E-state index < -0.39 is 0 Å². The lowest BCUT2D eigenvalue weighted by Crippen LogP contribution is -2.00. The molecule has 2 aromatic heterocycles. The molecule has 0 amide bonds. The fourth-order valence-electron chi connectivity index (χ4n) is 1.88. The first-order valence-corrected chi connectivity index (χ1v) is 7.20. The number of aryl methyl sites for hydroxylation is 1. The lowest BCUT2D eigenvalue weighted by molar-refractivity contribution is 0.274. The molecule has 3 rings (SSSR count). The van der Waals surface area contributed by atoms with Gasteiger partial charge in [0.05, 0.1) is 31.4 Å². The third-order valence-corrected chi connectivity index (χ3v) is 3.56. The van der Waals surface area contributed by atoms with E-state index in [1.165, 1.54) is 12.4 Å². The van der Waals surface area contributed by atoms with E-state index in [1.54, 1.807) is 18.0 Å². The van der Waals surface area contributed by atoms with Crippen LogP contribution in [0.25, 0.3) is 5.69 Å². The molecule has 0 fully saturated rings. The van der Waals surface area contributed by atoms with Gasteiger partial charge in [-0.2, -0.15) is 9.97 Å². The summed E-state index contributed by atoms with van der Waals surface area (Å²) in [6.07, 6.45) is 4.86. The molecule has 0 aliphatic rings. The summed E-state index contributed by atoms with van der Waals surface area (Å²) in [4.78, 5) is 8.05. The average molecular weight is 332 g/mol. The van der Waals surface area contributed by atoms with Crippen molar-refractivity contribution < 1.29 is 9.47 Å². The first-order valence-electron chi connectivity index (χ1n) is 6.82. The molecule has 2 heterocycles. The molecule has 7 nitrogen and oxygen atoms in total. The van der Waals surface area contributed by atoms with Gasteiger partial charge >= 0.3 is 6.01 Å². The van der Waals surface area contributed by atoms with Crippen molar-refractivity contribution in [2.24, 2.45) is 0 Å². The van der Waals surface area contributed by atoms with Crippen molar-refractivity contribution in [3.8, 4) is 17.4 Å². The molecular weight excluding hydrogens is 318 g/mol. The van der Waals surface area contributed by atoms with E-state index in [4.69, 9.17) is 21.1 Å². The van der Waals surface area contributed by atoms with Crippen LogP contribution in [0.2, 0.25) is 5.02 Å². The maximum absolute atomic E-state index is 6.02. The third-order valence-electron chi connectivity index (χ3n) is 3.14. The predicted molar refractivity (Wildman–Crippen MR) is 84.0 cm³/mol. The predicted octanol–water partition coefficient (Wildman–Crippen LogP) is 2.61. The maximum atomic E-state index is 6.02. The quantitative estimate of drug-likeness (QED) is 0.715. The highest BCUT2D eigenvalue weighted by atomic mass is 35.5. The summed E-state index contributed by atoms with van der Waals surface area (Å²) in [7, 11) is 1.55. The highest BCUT2D eigenvalue weighted by Gasteiger charge is 2.06. The standard InChI is InChI=1S/C15H14ClN5O2/c1-10-5-12(3-4-14(10)16)21-8-11(19-20-21)9-23-15-17-6-13(22-2)7-18-15/h3-8H,9H2,1-2H3. The van der Waals surface area contributed by atoms with Crippen LogP contribution in [0.3, 0.4) is 0 Å². The molecule has 0 unspecified atom stereocenters. The Hall–Kier alpha value is -2.67. The summed E-state index contributed by atoms with van der Waals surface area (Å²) in [5.74, 6) is 0.571. The Kier molecular flexibility index (Phi) is 4.38. The second-order valence-electron chi connectivity index (χ2n) is 4.78. The van der Waals surface area contributed by atoms with E-state index in [1.807, 2.05) is 25.1 Å². The number of benzene rings is 1. The average Bonchev–Trinajstić information content (AvgIpc) is 3.05. The highest BCUT2D eigenvalue weighted by molar-refractivity contribution is 6.31. The van der Waals surface area contributed by atoms with Crippen LogP contribution in [0.5, 0.6) is 11.8 Å². The second-order valence-corrected chi connectivity index (χ2v) is 5.19. The van der Waals surface area contributed by atoms with Crippen LogP contribution in [0.4, 0.5) is 0 Å². The fourth-order valence-corrected chi connectivity index (χ4v) is 2.00. The first kappa shape index (κ1) is 15.2. The van der Waals surface area contributed by atoms with Gasteiger partial charge in [-0.05, 0) is 30.7 Å². The van der Waals surface area contributed by atoms with Gasteiger partial charge in [0.15, 0.2) is 5.75 Å². The number of rotatable bonds is 5. The summed E-state index contributed by atoms with van der Waals surface area (Å²) in [5, 5.41) is 8.86. The van der Waals surface area contributed by atoms with Gasteiger partial charge in [-0.3, -0.25) is 0 Å². The number of methoxy groups -OCH3 is 1. The van der Waals surface area contributed by atoms with Crippen molar-refractivity contribution in [1.29, 1.82) is 0 Å². The van der Waals surface area contributed by atoms with Crippen LogP contribution in [-0.4, -0.2) is 32.1 Å². The maximum Gasteiger partial charge on any atom is 0.316 e. The zero-order valence-electron chi connectivity index (χ0n) is 12.6. The zero-order valence-corrected chi connectivity index (χ0v) is 13.4. The van der Waals surface area contributed by atoms with E-state index in [2.05, 4.69) is 20.3 Å². The van der Waals surface area contributed by atoms with Crippen LogP contribution < -0.4 is 9.47 Å². The largest absolute Gasteiger partial charge is 0.494 e. The fraction of sp³-hybridized carbons (Fsp3) is 0.200. The third kappa shape index (κ3) is 3.57. The summed E-state index contributed by atoms with van der Waals surface area (Å²) in [6, 6.07) is 5.90. The van der Waals surface area contributed by atoms with Crippen molar-refractivity contribution in [2.45, 2.75) is 13.5 Å². The number of hydrogen-bond donors (Lipinski definition) is 0. The van der Waals surface area contributed by atoms with E-state index >= 15 is 0 Å². The van der Waals surface area contributed by atoms with Gasteiger partial charge in [-0.25, -0.2) is 4.68 Å². The van der Waals surface area contributed by atoms with Gasteiger partial charge in [-0.1, -0.05) is 16.8 Å². The Morgan fingerprint density at radius 3 is 2.70 bits per heavy atom. The van der Waals surface area contributed by atoms with Crippen molar-refractivity contribution in [2.75, 3.05) is 7.11 Å². The smallest absolute Gasteiger partial charge is 0.316 e. The Morgan fingerprint density at radius 1 is 1.22 bits per heavy atom. The van der Waals surface area contributed by atoms with Crippen LogP contribution in [0.15, 0.2) is 36.8 Å². The Morgan fingerprint density at radius 2 is 2.00 bits per heavy atom. The molecule has 0 saturated carbocycles. The molecule has 23 heavy (non-hydrogen) atoms. The second kappa shape index (κ2) is 6.62. The Balaban J connectivity index is 1.67. The zero-order chi connectivity index (χ0) is 16.2. The molecule has 0 radical (unpaired) electrons. The highest BCUT2D eigenvalue weighted by Crippen LogP contribution is 2.18. The molecule has 118 valence electrons. The van der Waals surface area contributed by atoms with Crippen LogP contribution in [-0.2, 0) is 6.61 Å². The first-order chi connectivity index (χ1) is 11.2. The SMILES string of the molecule is COc1cnc(OCc2cn(-c3ccc(Cl)c(C)c3)nn2)nc1. The molecule has 0 atom stereocenters. The molecule has 0 N–H and O–H groups in total. The summed E-state index contributed by atoms with van der Waals surface area (Å²) in [6.45, 7) is 2.16. The van der Waals surface area contributed by atoms with Gasteiger partial charge in [0.1, 0.15) is 12.3 Å². The van der Waals surface area contributed by atoms with Gasteiger partial charge in [-0.15, -0.1) is 5.10 Å². The minimum absolute atomic E-state index is 0.221. The van der Waals surface area contributed by atoms with Crippen molar-refractivity contribution >= 4 is 11.6 Å². The molecule has 0 saturated heterocycles. The van der Waals surface area contributed by atoms with Crippen molar-refractivity contribution in [1.82, 2.24) is 25.0 Å². The molecule has 1 aromatic carbocycles. The minimum atomic E-state index is 0.221. The molecule has 0 spiro atoms. The lowest BCUT2D eigenvalue weighted by Gasteiger charge is -2.03. The molecule has 8 heteroatoms. The normalized spacial score (nSPS) is 10.6. The molecule has 0 bridgehead atoms. The number of halogens is 1. The van der Waals surface area contributed by atoms with E-state index in [-0.39, 0.29) is 12.6 Å². The molecule has 0 aliphatic carbocycles. The summed E-state index contributed by atoms with van der Waals surface area (Å²) < 4.78 is 12.1. The minimum Gasteiger partial charge on any atom is -0.494 e. The van der Waals surface area contributed by atoms with E-state index in [0.29, 0.717) is 16.5 Å². The number of hydrogen-bond acceptors (Lipinski definition) is 6.